The van der Waals surface area contributed by atoms with Crippen LogP contribution in [0.15, 0.2) is 36.5 Å². The number of hydrogen-bond acceptors (Lipinski definition) is 6. The van der Waals surface area contributed by atoms with E-state index in [1.807, 2.05) is 0 Å². The lowest BCUT2D eigenvalue weighted by molar-refractivity contribution is 0.0237. The first-order chi connectivity index (χ1) is 13.6. The molecular formula is C20H21ClN2O5. The van der Waals surface area contributed by atoms with E-state index in [9.17, 15) is 9.59 Å². The summed E-state index contributed by atoms with van der Waals surface area (Å²) >= 11 is 6.23. The number of anilines is 1. The number of carbonyl (C=O) groups is 2. The number of ether oxygens (including phenoxy) is 3. The molecule has 1 fully saturated rings. The Morgan fingerprint density at radius 1 is 1.21 bits per heavy atom. The maximum atomic E-state index is 12.4. The quantitative estimate of drug-likeness (QED) is 0.738. The lowest BCUT2D eigenvalue weighted by Gasteiger charge is -2.23. The summed E-state index contributed by atoms with van der Waals surface area (Å²) in [6.07, 6.45) is 2.99. The Morgan fingerprint density at radius 2 is 1.93 bits per heavy atom. The number of aromatic nitrogens is 1. The molecule has 1 N–H and O–H groups in total. The third kappa shape index (κ3) is 5.21. The van der Waals surface area contributed by atoms with Crippen molar-refractivity contribution in [1.29, 1.82) is 0 Å². The van der Waals surface area contributed by atoms with Crippen LogP contribution in [-0.2, 0) is 9.47 Å². The molecule has 1 aliphatic heterocycles. The highest BCUT2D eigenvalue weighted by atomic mass is 35.5. The third-order valence-corrected chi connectivity index (χ3v) is 4.44. The third-order valence-electron chi connectivity index (χ3n) is 4.17. The van der Waals surface area contributed by atoms with E-state index in [1.165, 1.54) is 12.3 Å². The van der Waals surface area contributed by atoms with Gasteiger partial charge in [-0.15, -0.1) is 0 Å². The molecule has 0 aliphatic carbocycles. The Hall–Kier alpha value is -2.64. The molecule has 3 rings (SSSR count). The zero-order valence-corrected chi connectivity index (χ0v) is 16.2. The van der Waals surface area contributed by atoms with Gasteiger partial charge in [0.05, 0.1) is 30.9 Å². The molecule has 1 aromatic carbocycles. The molecule has 1 amide bonds. The van der Waals surface area contributed by atoms with Gasteiger partial charge in [-0.25, -0.2) is 9.78 Å². The zero-order valence-electron chi connectivity index (χ0n) is 15.4. The van der Waals surface area contributed by atoms with E-state index in [0.29, 0.717) is 42.5 Å². The Balaban J connectivity index is 1.62. The molecule has 2 aromatic rings. The maximum absolute atomic E-state index is 12.4. The summed E-state index contributed by atoms with van der Waals surface area (Å²) in [7, 11) is 0. The van der Waals surface area contributed by atoms with E-state index >= 15 is 0 Å². The Labute approximate surface area is 168 Å². The molecule has 7 nitrogen and oxygen atoms in total. The Kier molecular flexibility index (Phi) is 6.84. The minimum atomic E-state index is -0.406. The largest absolute Gasteiger partial charge is 0.473 e. The molecule has 1 aromatic heterocycles. The second-order valence-electron chi connectivity index (χ2n) is 6.19. The summed E-state index contributed by atoms with van der Waals surface area (Å²) in [5, 5.41) is 3.01. The van der Waals surface area contributed by atoms with Gasteiger partial charge in [0.1, 0.15) is 11.1 Å². The molecule has 0 spiro atoms. The predicted molar refractivity (Wildman–Crippen MR) is 104 cm³/mol. The average Bonchev–Trinajstić information content (AvgIpc) is 2.71. The molecule has 148 valence electrons. The normalized spacial score (nSPS) is 14.4. The van der Waals surface area contributed by atoms with E-state index < -0.39 is 5.97 Å². The number of hydrogen-bond donors (Lipinski definition) is 1. The lowest BCUT2D eigenvalue weighted by atomic mass is 10.1. The summed E-state index contributed by atoms with van der Waals surface area (Å²) in [4.78, 5) is 28.3. The number of benzene rings is 1. The van der Waals surface area contributed by atoms with Crippen LogP contribution >= 0.6 is 11.6 Å². The van der Waals surface area contributed by atoms with E-state index in [4.69, 9.17) is 25.8 Å². The molecule has 0 unspecified atom stereocenters. The Bertz CT molecular complexity index is 835. The van der Waals surface area contributed by atoms with Crippen LogP contribution in [0.1, 0.15) is 40.5 Å². The van der Waals surface area contributed by atoms with Crippen LogP contribution < -0.4 is 10.1 Å². The fourth-order valence-electron chi connectivity index (χ4n) is 2.70. The van der Waals surface area contributed by atoms with Gasteiger partial charge in [-0.3, -0.25) is 4.79 Å². The molecule has 0 atom stereocenters. The molecule has 28 heavy (non-hydrogen) atoms. The fourth-order valence-corrected chi connectivity index (χ4v) is 2.91. The molecular weight excluding hydrogens is 384 g/mol. The highest BCUT2D eigenvalue weighted by Crippen LogP contribution is 2.26. The van der Waals surface area contributed by atoms with Gasteiger partial charge in [-0.1, -0.05) is 11.6 Å². The van der Waals surface area contributed by atoms with Gasteiger partial charge in [0, 0.05) is 24.7 Å². The van der Waals surface area contributed by atoms with Crippen LogP contribution in [0.4, 0.5) is 5.69 Å². The maximum Gasteiger partial charge on any atom is 0.338 e. The first-order valence-corrected chi connectivity index (χ1v) is 9.43. The molecule has 2 heterocycles. The SMILES string of the molecule is CCOC(=O)c1ccc(NC(=O)c2cnc(OC3CCOCC3)c(Cl)c2)cc1. The molecule has 0 bridgehead atoms. The van der Waals surface area contributed by atoms with Crippen molar-refractivity contribution in [2.24, 2.45) is 0 Å². The van der Waals surface area contributed by atoms with Crippen molar-refractivity contribution in [1.82, 2.24) is 4.98 Å². The van der Waals surface area contributed by atoms with Crippen LogP contribution in [0.2, 0.25) is 5.02 Å². The van der Waals surface area contributed by atoms with Crippen molar-refractivity contribution in [2.45, 2.75) is 25.9 Å². The van der Waals surface area contributed by atoms with Crippen LogP contribution in [0, 0.1) is 0 Å². The molecule has 0 saturated carbocycles. The second kappa shape index (κ2) is 9.52. The molecule has 8 heteroatoms. The summed E-state index contributed by atoms with van der Waals surface area (Å²) in [6.45, 7) is 3.35. The molecule has 1 aliphatic rings. The van der Waals surface area contributed by atoms with Crippen LogP contribution in [0.25, 0.3) is 0 Å². The van der Waals surface area contributed by atoms with Gasteiger partial charge in [-0.2, -0.15) is 0 Å². The van der Waals surface area contributed by atoms with Crippen LogP contribution in [0.5, 0.6) is 5.88 Å². The number of halogens is 1. The minimum Gasteiger partial charge on any atom is -0.473 e. The summed E-state index contributed by atoms with van der Waals surface area (Å²) in [5.41, 5.74) is 1.26. The van der Waals surface area contributed by atoms with Crippen molar-refractivity contribution >= 4 is 29.2 Å². The van der Waals surface area contributed by atoms with Gasteiger partial charge in [-0.05, 0) is 37.3 Å². The highest BCUT2D eigenvalue weighted by molar-refractivity contribution is 6.32. The predicted octanol–water partition coefficient (Wildman–Crippen LogP) is 3.72. The topological polar surface area (TPSA) is 86.8 Å². The summed E-state index contributed by atoms with van der Waals surface area (Å²) in [6, 6.07) is 7.95. The summed E-state index contributed by atoms with van der Waals surface area (Å²) < 4.78 is 16.0. The van der Waals surface area contributed by atoms with E-state index in [-0.39, 0.29) is 17.0 Å². The number of esters is 1. The average molecular weight is 405 g/mol. The zero-order chi connectivity index (χ0) is 19.9. The lowest BCUT2D eigenvalue weighted by Crippen LogP contribution is -2.26. The smallest absolute Gasteiger partial charge is 0.338 e. The van der Waals surface area contributed by atoms with Gasteiger partial charge in [0.2, 0.25) is 5.88 Å². The highest BCUT2D eigenvalue weighted by Gasteiger charge is 2.18. The van der Waals surface area contributed by atoms with Crippen LogP contribution in [-0.4, -0.2) is 42.8 Å². The Morgan fingerprint density at radius 3 is 2.57 bits per heavy atom. The number of pyridine rings is 1. The number of rotatable bonds is 6. The van der Waals surface area contributed by atoms with Crippen molar-refractivity contribution in [3.63, 3.8) is 0 Å². The van der Waals surface area contributed by atoms with Gasteiger partial charge in [0.15, 0.2) is 0 Å². The number of carbonyl (C=O) groups excluding carboxylic acids is 2. The minimum absolute atomic E-state index is 0.0105. The van der Waals surface area contributed by atoms with Crippen molar-refractivity contribution in [2.75, 3.05) is 25.1 Å². The number of nitrogens with one attached hydrogen (secondary N) is 1. The molecule has 1 saturated heterocycles. The first-order valence-electron chi connectivity index (χ1n) is 9.05. The first kappa shape index (κ1) is 20.1. The van der Waals surface area contributed by atoms with Crippen molar-refractivity contribution in [3.8, 4) is 5.88 Å². The van der Waals surface area contributed by atoms with Crippen LogP contribution in [0.3, 0.4) is 0 Å². The van der Waals surface area contributed by atoms with E-state index in [1.54, 1.807) is 31.2 Å². The molecule has 0 radical (unpaired) electrons. The monoisotopic (exact) mass is 404 g/mol. The standard InChI is InChI=1S/C20H21ClN2O5/c1-2-27-20(25)13-3-5-15(6-4-13)23-18(24)14-11-17(21)19(22-12-14)28-16-7-9-26-10-8-16/h3-6,11-12,16H,2,7-10H2,1H3,(H,23,24). The van der Waals surface area contributed by atoms with E-state index in [0.717, 1.165) is 12.8 Å². The van der Waals surface area contributed by atoms with Gasteiger partial charge in [0.25, 0.3) is 5.91 Å². The number of nitrogens with zero attached hydrogens (tertiary/aromatic N) is 1. The number of amides is 1. The second-order valence-corrected chi connectivity index (χ2v) is 6.60. The fraction of sp³-hybridized carbons (Fsp3) is 0.350. The van der Waals surface area contributed by atoms with Crippen molar-refractivity contribution in [3.05, 3.63) is 52.7 Å². The van der Waals surface area contributed by atoms with E-state index in [2.05, 4.69) is 10.3 Å². The van der Waals surface area contributed by atoms with Gasteiger partial charge < -0.3 is 19.5 Å². The van der Waals surface area contributed by atoms with Crippen molar-refractivity contribution < 1.29 is 23.8 Å². The summed E-state index contributed by atoms with van der Waals surface area (Å²) in [5.74, 6) is -0.462. The van der Waals surface area contributed by atoms with Gasteiger partial charge >= 0.3 is 5.97 Å².